The maximum Gasteiger partial charge on any atom is 0.203 e. The van der Waals surface area contributed by atoms with E-state index in [1.165, 1.54) is 21.3 Å². The van der Waals surface area contributed by atoms with Gasteiger partial charge in [-0.05, 0) is 84.8 Å². The van der Waals surface area contributed by atoms with Crippen molar-refractivity contribution >= 4 is 0 Å². The molecule has 0 aromatic heterocycles. The van der Waals surface area contributed by atoms with Crippen molar-refractivity contribution in [2.45, 2.75) is 51.1 Å². The molecule has 0 bridgehead atoms. The molecule has 0 aliphatic carbocycles. The van der Waals surface area contributed by atoms with Gasteiger partial charge in [0.15, 0.2) is 34.5 Å². The number of ether oxygens (including phenoxy) is 10. The van der Waals surface area contributed by atoms with Gasteiger partial charge in [0.25, 0.3) is 0 Å². The first-order valence-corrected chi connectivity index (χ1v) is 16.8. The Hall–Kier alpha value is -5.20. The normalized spacial score (nSPS) is 19.2. The number of benzene rings is 4. The maximum atomic E-state index is 11.6. The van der Waals surface area contributed by atoms with Crippen molar-refractivity contribution in [1.82, 2.24) is 0 Å². The SMILES string of the molecule is COc1cc([C@H]2O[C@@H](C)Cc3c(-c4c(OC)cc(OC)c5c4C[C@H](C)O[C@H]5c4cc(OC)c(OC)c(OC)c4)cc(O)c(O)c32)cc(OC)c1OC. The summed E-state index contributed by atoms with van der Waals surface area (Å²) in [6, 6.07) is 10.7. The van der Waals surface area contributed by atoms with Gasteiger partial charge in [-0.25, -0.2) is 0 Å². The molecule has 4 atom stereocenters. The zero-order valence-electron chi connectivity index (χ0n) is 31.2. The first-order chi connectivity index (χ1) is 25.1. The van der Waals surface area contributed by atoms with E-state index in [-0.39, 0.29) is 23.7 Å². The smallest absolute Gasteiger partial charge is 0.203 e. The van der Waals surface area contributed by atoms with Crippen LogP contribution in [0.25, 0.3) is 11.1 Å². The fraction of sp³-hybridized carbons (Fsp3) is 0.400. The first kappa shape index (κ1) is 36.6. The van der Waals surface area contributed by atoms with E-state index in [0.717, 1.165) is 27.8 Å². The highest BCUT2D eigenvalue weighted by Crippen LogP contribution is 2.55. The molecule has 2 aliphatic rings. The molecule has 12 heteroatoms. The van der Waals surface area contributed by atoms with Crippen molar-refractivity contribution < 1.29 is 57.6 Å². The standard InChI is InChI=1S/C40H46O12/c1-19-11-23-24(17-26(41)36(42)35(23)38(52-19)22-15-31(47-7)40(50-10)32(16-22)48-8)33-25-12-20(2)51-37(34(25)28(44-4)18-27(33)43-3)21-13-29(45-5)39(49-9)30(14-21)46-6/h13-20,37-38,41-42H,11-12H2,1-10H3/t19-,20-,37-,38+/m0/s1. The first-order valence-electron chi connectivity index (χ1n) is 16.8. The topological polar surface area (TPSA) is 133 Å². The van der Waals surface area contributed by atoms with Crippen LogP contribution in [0.1, 0.15) is 59.4 Å². The zero-order valence-corrected chi connectivity index (χ0v) is 31.2. The van der Waals surface area contributed by atoms with Gasteiger partial charge in [0.1, 0.15) is 23.7 Å². The molecule has 0 amide bonds. The van der Waals surface area contributed by atoms with E-state index in [2.05, 4.69) is 0 Å². The molecule has 2 N–H and O–H groups in total. The lowest BCUT2D eigenvalue weighted by Gasteiger charge is -2.37. The van der Waals surface area contributed by atoms with Gasteiger partial charge in [-0.1, -0.05) is 0 Å². The third-order valence-electron chi connectivity index (χ3n) is 9.76. The Balaban J connectivity index is 1.64. The largest absolute Gasteiger partial charge is 0.504 e. The van der Waals surface area contributed by atoms with Crippen LogP contribution in [0.3, 0.4) is 0 Å². The second-order valence-electron chi connectivity index (χ2n) is 12.7. The van der Waals surface area contributed by atoms with Gasteiger partial charge >= 0.3 is 0 Å². The fourth-order valence-electron chi connectivity index (χ4n) is 7.54. The predicted octanol–water partition coefficient (Wildman–Crippen LogP) is 6.93. The molecule has 0 saturated heterocycles. The molecule has 0 radical (unpaired) electrons. The molecule has 6 rings (SSSR count). The minimum atomic E-state index is -0.799. The van der Waals surface area contributed by atoms with Crippen molar-refractivity contribution in [2.75, 3.05) is 56.9 Å². The summed E-state index contributed by atoms with van der Waals surface area (Å²) in [5.74, 6) is 3.21. The summed E-state index contributed by atoms with van der Waals surface area (Å²) in [5.41, 5.74) is 5.75. The number of hydrogen-bond donors (Lipinski definition) is 2. The number of phenolic OH excluding ortho intramolecular Hbond substituents is 2. The van der Waals surface area contributed by atoms with Gasteiger partial charge in [0.05, 0.1) is 69.1 Å². The minimum Gasteiger partial charge on any atom is -0.504 e. The average molecular weight is 719 g/mol. The van der Waals surface area contributed by atoms with Crippen LogP contribution < -0.4 is 37.9 Å². The van der Waals surface area contributed by atoms with Crippen molar-refractivity contribution in [1.29, 1.82) is 0 Å². The molecule has 0 spiro atoms. The molecule has 52 heavy (non-hydrogen) atoms. The molecule has 0 unspecified atom stereocenters. The summed E-state index contributed by atoms with van der Waals surface area (Å²) in [6.45, 7) is 3.97. The lowest BCUT2D eigenvalue weighted by atomic mass is 9.79. The van der Waals surface area contributed by atoms with E-state index in [4.69, 9.17) is 47.4 Å². The molecule has 0 saturated carbocycles. The number of rotatable bonds is 11. The summed E-state index contributed by atoms with van der Waals surface area (Å²) in [4.78, 5) is 0. The molecule has 278 valence electrons. The van der Waals surface area contributed by atoms with Gasteiger partial charge in [-0.2, -0.15) is 0 Å². The summed E-state index contributed by atoms with van der Waals surface area (Å²) >= 11 is 0. The van der Waals surface area contributed by atoms with Crippen LogP contribution in [0.2, 0.25) is 0 Å². The highest BCUT2D eigenvalue weighted by Gasteiger charge is 2.39. The number of hydrogen-bond acceptors (Lipinski definition) is 12. The van der Waals surface area contributed by atoms with E-state index in [1.54, 1.807) is 53.7 Å². The fourth-order valence-corrected chi connectivity index (χ4v) is 7.54. The molecular formula is C40H46O12. The van der Waals surface area contributed by atoms with Gasteiger partial charge < -0.3 is 57.6 Å². The Kier molecular flexibility index (Phi) is 10.4. The van der Waals surface area contributed by atoms with Crippen molar-refractivity contribution in [2.24, 2.45) is 0 Å². The Labute approximate surface area is 303 Å². The molecule has 2 aliphatic heterocycles. The second kappa shape index (κ2) is 14.8. The van der Waals surface area contributed by atoms with Crippen LogP contribution in [0.4, 0.5) is 0 Å². The summed E-state index contributed by atoms with van der Waals surface area (Å²) in [7, 11) is 12.5. The van der Waals surface area contributed by atoms with Crippen LogP contribution in [0.5, 0.6) is 57.5 Å². The summed E-state index contributed by atoms with van der Waals surface area (Å²) in [5, 5.41) is 23.0. The molecular weight excluding hydrogens is 672 g/mol. The predicted molar refractivity (Wildman–Crippen MR) is 193 cm³/mol. The monoisotopic (exact) mass is 718 g/mol. The van der Waals surface area contributed by atoms with Crippen molar-refractivity contribution in [3.8, 4) is 68.6 Å². The third-order valence-corrected chi connectivity index (χ3v) is 9.76. The van der Waals surface area contributed by atoms with E-state index in [1.807, 2.05) is 32.0 Å². The second-order valence-corrected chi connectivity index (χ2v) is 12.7. The van der Waals surface area contributed by atoms with Crippen LogP contribution in [-0.2, 0) is 22.3 Å². The Morgan fingerprint density at radius 3 is 1.35 bits per heavy atom. The molecule has 4 aromatic rings. The lowest BCUT2D eigenvalue weighted by Crippen LogP contribution is -2.27. The highest BCUT2D eigenvalue weighted by atomic mass is 16.5. The minimum absolute atomic E-state index is 0.247. The zero-order chi connectivity index (χ0) is 37.4. The van der Waals surface area contributed by atoms with Crippen LogP contribution >= 0.6 is 0 Å². The Morgan fingerprint density at radius 1 is 0.500 bits per heavy atom. The van der Waals surface area contributed by atoms with Gasteiger partial charge in [0.2, 0.25) is 11.5 Å². The van der Waals surface area contributed by atoms with Gasteiger partial charge in [-0.3, -0.25) is 0 Å². The number of fused-ring (bicyclic) bond motifs is 2. The number of methoxy groups -OCH3 is 8. The van der Waals surface area contributed by atoms with E-state index >= 15 is 0 Å². The molecule has 0 fully saturated rings. The Morgan fingerprint density at radius 2 is 0.923 bits per heavy atom. The van der Waals surface area contributed by atoms with E-state index in [9.17, 15) is 10.2 Å². The summed E-state index contributed by atoms with van der Waals surface area (Å²) in [6.07, 6.45) is -1.00. The Bertz CT molecular complexity index is 1920. The van der Waals surface area contributed by atoms with E-state index in [0.29, 0.717) is 75.5 Å². The summed E-state index contributed by atoms with van der Waals surface area (Å²) < 4.78 is 59.1. The highest BCUT2D eigenvalue weighted by molar-refractivity contribution is 5.84. The van der Waals surface area contributed by atoms with Gasteiger partial charge in [-0.15, -0.1) is 0 Å². The molecule has 2 heterocycles. The number of aromatic hydroxyl groups is 2. The molecule has 4 aromatic carbocycles. The van der Waals surface area contributed by atoms with Crippen molar-refractivity contribution in [3.05, 3.63) is 69.8 Å². The molecule has 12 nitrogen and oxygen atoms in total. The third kappa shape index (κ3) is 6.09. The number of phenols is 2. The quantitative estimate of drug-likeness (QED) is 0.156. The van der Waals surface area contributed by atoms with Crippen LogP contribution in [0.15, 0.2) is 36.4 Å². The van der Waals surface area contributed by atoms with Gasteiger partial charge in [0, 0.05) is 22.8 Å². The van der Waals surface area contributed by atoms with Crippen LogP contribution in [0, 0.1) is 0 Å². The van der Waals surface area contributed by atoms with Crippen molar-refractivity contribution in [3.63, 3.8) is 0 Å². The van der Waals surface area contributed by atoms with Crippen LogP contribution in [-0.4, -0.2) is 79.3 Å². The lowest BCUT2D eigenvalue weighted by molar-refractivity contribution is 0.00498. The maximum absolute atomic E-state index is 11.6. The average Bonchev–Trinajstić information content (AvgIpc) is 3.16. The van der Waals surface area contributed by atoms with E-state index < -0.39 is 12.2 Å².